The number of carbonyl (C=O) groups excluding carboxylic acids is 2. The number of anilines is 1. The van der Waals surface area contributed by atoms with E-state index in [1.165, 1.54) is 37.5 Å². The van der Waals surface area contributed by atoms with Crippen LogP contribution in [0.1, 0.15) is 26.2 Å². The third-order valence-corrected chi connectivity index (χ3v) is 5.81. The van der Waals surface area contributed by atoms with Crippen LogP contribution in [0.2, 0.25) is 0 Å². The lowest BCUT2D eigenvalue weighted by molar-refractivity contribution is -0.131. The van der Waals surface area contributed by atoms with Crippen molar-refractivity contribution in [2.75, 3.05) is 51.3 Å². The van der Waals surface area contributed by atoms with Crippen molar-refractivity contribution in [3.63, 3.8) is 0 Å². The summed E-state index contributed by atoms with van der Waals surface area (Å²) in [4.78, 5) is 34.4. The molecule has 2 saturated heterocycles. The Kier molecular flexibility index (Phi) is 8.00. The minimum atomic E-state index is -0.395. The predicted molar refractivity (Wildman–Crippen MR) is 122 cm³/mol. The SMILES string of the molecule is CN=C/C(=N\N)C(=O)N1CCN(c2ccc(OCCCN3CCC[C@H]3C)cc2)C(=O)C1. The Morgan fingerprint density at radius 1 is 1.26 bits per heavy atom. The fourth-order valence-electron chi connectivity index (χ4n) is 4.05. The molecule has 1 aromatic carbocycles. The van der Waals surface area contributed by atoms with Crippen LogP contribution >= 0.6 is 0 Å². The van der Waals surface area contributed by atoms with Gasteiger partial charge in [0.1, 0.15) is 12.3 Å². The van der Waals surface area contributed by atoms with Crippen LogP contribution in [0.15, 0.2) is 34.4 Å². The Hall–Kier alpha value is -2.94. The maximum Gasteiger partial charge on any atom is 0.276 e. The number of amides is 2. The van der Waals surface area contributed by atoms with E-state index in [1.54, 1.807) is 4.90 Å². The van der Waals surface area contributed by atoms with Gasteiger partial charge in [-0.05, 0) is 57.0 Å². The zero-order valence-corrected chi connectivity index (χ0v) is 18.4. The second-order valence-electron chi connectivity index (χ2n) is 7.90. The maximum atomic E-state index is 12.6. The fraction of sp³-hybridized carbons (Fsp3) is 0.545. The first kappa shape index (κ1) is 22.7. The Morgan fingerprint density at radius 2 is 2.03 bits per heavy atom. The van der Waals surface area contributed by atoms with Gasteiger partial charge in [-0.25, -0.2) is 0 Å². The number of hydrogen-bond acceptors (Lipinski definition) is 7. The third kappa shape index (κ3) is 5.81. The molecule has 2 N–H and O–H groups in total. The third-order valence-electron chi connectivity index (χ3n) is 5.81. The average Bonchev–Trinajstić information content (AvgIpc) is 3.19. The number of piperazine rings is 1. The van der Waals surface area contributed by atoms with Crippen LogP contribution in [0, 0.1) is 0 Å². The van der Waals surface area contributed by atoms with Crippen molar-refractivity contribution >= 4 is 29.4 Å². The number of likely N-dealkylation sites (tertiary alicyclic amines) is 1. The van der Waals surface area contributed by atoms with Crippen molar-refractivity contribution in [2.24, 2.45) is 15.9 Å². The first-order valence-electron chi connectivity index (χ1n) is 10.8. The van der Waals surface area contributed by atoms with E-state index < -0.39 is 5.91 Å². The molecule has 0 aliphatic carbocycles. The van der Waals surface area contributed by atoms with E-state index in [1.807, 2.05) is 24.3 Å². The molecule has 2 amide bonds. The van der Waals surface area contributed by atoms with Crippen molar-refractivity contribution < 1.29 is 14.3 Å². The Balaban J connectivity index is 1.47. The second-order valence-corrected chi connectivity index (χ2v) is 7.90. The molecule has 0 aromatic heterocycles. The molecule has 0 radical (unpaired) electrons. The minimum absolute atomic E-state index is 0.0252. The Labute approximate surface area is 183 Å². The number of benzene rings is 1. The van der Waals surface area contributed by atoms with E-state index in [9.17, 15) is 9.59 Å². The first-order chi connectivity index (χ1) is 15.0. The number of hydrazone groups is 1. The Bertz CT molecular complexity index is 823. The molecular weight excluding hydrogens is 396 g/mol. The molecule has 3 rings (SSSR count). The lowest BCUT2D eigenvalue weighted by atomic mass is 10.2. The van der Waals surface area contributed by atoms with Crippen LogP contribution in [-0.4, -0.2) is 86.0 Å². The molecule has 1 atom stereocenters. The van der Waals surface area contributed by atoms with Gasteiger partial charge in [-0.3, -0.25) is 14.6 Å². The molecule has 2 fully saturated rings. The molecule has 31 heavy (non-hydrogen) atoms. The average molecular weight is 429 g/mol. The summed E-state index contributed by atoms with van der Waals surface area (Å²) in [6.45, 7) is 5.99. The largest absolute Gasteiger partial charge is 0.494 e. The molecule has 0 unspecified atom stereocenters. The van der Waals surface area contributed by atoms with Crippen LogP contribution in [0.4, 0.5) is 5.69 Å². The van der Waals surface area contributed by atoms with Gasteiger partial charge in [0.25, 0.3) is 5.91 Å². The zero-order valence-electron chi connectivity index (χ0n) is 18.4. The summed E-state index contributed by atoms with van der Waals surface area (Å²) >= 11 is 0. The summed E-state index contributed by atoms with van der Waals surface area (Å²) in [7, 11) is 1.53. The number of ether oxygens (including phenoxy) is 1. The zero-order chi connectivity index (χ0) is 22.2. The highest BCUT2D eigenvalue weighted by atomic mass is 16.5. The normalized spacial score (nSPS) is 20.6. The number of hydrogen-bond donors (Lipinski definition) is 1. The van der Waals surface area contributed by atoms with Gasteiger partial charge in [0, 0.05) is 38.4 Å². The van der Waals surface area contributed by atoms with Crippen LogP contribution in [-0.2, 0) is 9.59 Å². The van der Waals surface area contributed by atoms with Crippen molar-refractivity contribution in [1.82, 2.24) is 9.80 Å². The monoisotopic (exact) mass is 428 g/mol. The van der Waals surface area contributed by atoms with Gasteiger partial charge >= 0.3 is 0 Å². The quantitative estimate of drug-likeness (QED) is 0.289. The molecule has 0 saturated carbocycles. The lowest BCUT2D eigenvalue weighted by Crippen LogP contribution is -2.54. The molecule has 2 heterocycles. The number of rotatable bonds is 8. The fourth-order valence-corrected chi connectivity index (χ4v) is 4.05. The summed E-state index contributed by atoms with van der Waals surface area (Å²) in [5.74, 6) is 5.50. The van der Waals surface area contributed by atoms with Crippen molar-refractivity contribution in [1.29, 1.82) is 0 Å². The van der Waals surface area contributed by atoms with Crippen LogP contribution < -0.4 is 15.5 Å². The first-order valence-corrected chi connectivity index (χ1v) is 10.8. The molecule has 0 bridgehead atoms. The Morgan fingerprint density at radius 3 is 2.65 bits per heavy atom. The summed E-state index contributed by atoms with van der Waals surface area (Å²) in [5.41, 5.74) is 0.822. The molecule has 1 aromatic rings. The number of carbonyl (C=O) groups is 2. The van der Waals surface area contributed by atoms with Gasteiger partial charge in [-0.1, -0.05) is 0 Å². The predicted octanol–water partition coefficient (Wildman–Crippen LogP) is 1.13. The van der Waals surface area contributed by atoms with E-state index in [4.69, 9.17) is 10.6 Å². The summed E-state index contributed by atoms with van der Waals surface area (Å²) in [6.07, 6.45) is 4.87. The van der Waals surface area contributed by atoms with Gasteiger partial charge in [0.15, 0.2) is 5.71 Å². The summed E-state index contributed by atoms with van der Waals surface area (Å²) in [6, 6.07) is 8.21. The topological polar surface area (TPSA) is 104 Å². The van der Waals surface area contributed by atoms with Gasteiger partial charge < -0.3 is 25.3 Å². The molecule has 2 aliphatic heterocycles. The highest BCUT2D eigenvalue weighted by molar-refractivity contribution is 6.60. The van der Waals surface area contributed by atoms with Gasteiger partial charge in [0.2, 0.25) is 5.91 Å². The van der Waals surface area contributed by atoms with Crippen LogP contribution in [0.25, 0.3) is 0 Å². The van der Waals surface area contributed by atoms with E-state index in [2.05, 4.69) is 21.9 Å². The standard InChI is InChI=1S/C22H32N6O3/c1-17-5-3-10-26(17)11-4-14-31-19-8-6-18(7-9-19)28-13-12-27(16-21(28)29)22(30)20(25-23)15-24-2/h6-9,15,17H,3-5,10-14,16,23H2,1-2H3/b24-15?,25-20+/t17-/m1/s1. The van der Waals surface area contributed by atoms with Crippen LogP contribution in [0.5, 0.6) is 5.75 Å². The highest BCUT2D eigenvalue weighted by Gasteiger charge is 2.29. The van der Waals surface area contributed by atoms with Gasteiger partial charge in [-0.15, -0.1) is 0 Å². The second kappa shape index (κ2) is 10.9. The van der Waals surface area contributed by atoms with Crippen molar-refractivity contribution in [3.8, 4) is 5.75 Å². The number of aliphatic imine (C=N–C) groups is 1. The van der Waals surface area contributed by atoms with Gasteiger partial charge in [0.05, 0.1) is 12.8 Å². The highest BCUT2D eigenvalue weighted by Crippen LogP contribution is 2.22. The maximum absolute atomic E-state index is 12.6. The molecule has 9 heteroatoms. The van der Waals surface area contributed by atoms with E-state index in [0.29, 0.717) is 25.7 Å². The summed E-state index contributed by atoms with van der Waals surface area (Å²) in [5, 5.41) is 3.46. The molecule has 9 nitrogen and oxygen atoms in total. The van der Waals surface area contributed by atoms with E-state index in [0.717, 1.165) is 24.4 Å². The number of nitrogens with zero attached hydrogens (tertiary/aromatic N) is 5. The lowest BCUT2D eigenvalue weighted by Gasteiger charge is -2.34. The molecule has 168 valence electrons. The van der Waals surface area contributed by atoms with Crippen LogP contribution in [0.3, 0.4) is 0 Å². The molecular formula is C22H32N6O3. The summed E-state index contributed by atoms with van der Waals surface area (Å²) < 4.78 is 5.86. The number of nitrogens with two attached hydrogens (primary N) is 1. The smallest absolute Gasteiger partial charge is 0.276 e. The van der Waals surface area contributed by atoms with Crippen molar-refractivity contribution in [3.05, 3.63) is 24.3 Å². The van der Waals surface area contributed by atoms with E-state index >= 15 is 0 Å². The molecule has 2 aliphatic rings. The van der Waals surface area contributed by atoms with Gasteiger partial charge in [-0.2, -0.15) is 5.10 Å². The molecule has 0 spiro atoms. The van der Waals surface area contributed by atoms with Crippen molar-refractivity contribution in [2.45, 2.75) is 32.2 Å². The van der Waals surface area contributed by atoms with E-state index in [-0.39, 0.29) is 18.2 Å². The minimum Gasteiger partial charge on any atom is -0.494 e.